The highest BCUT2D eigenvalue weighted by molar-refractivity contribution is 5.14. The fraction of sp³-hybridized carbons (Fsp3) is 0.867. The maximum atomic E-state index is 6.07. The molecule has 0 radical (unpaired) electrons. The first kappa shape index (κ1) is 14.3. The summed E-state index contributed by atoms with van der Waals surface area (Å²) < 4.78 is 29.8. The molecule has 5 heteroatoms. The van der Waals surface area contributed by atoms with Crippen LogP contribution in [0, 0.1) is 0 Å². The number of hydrogen-bond donors (Lipinski definition) is 0. The summed E-state index contributed by atoms with van der Waals surface area (Å²) in [7, 11) is 0. The monoisotopic (exact) mass is 284 g/mol. The number of ether oxygens (including phenoxy) is 5. The van der Waals surface area contributed by atoms with E-state index in [1.54, 1.807) is 0 Å². The predicted molar refractivity (Wildman–Crippen MR) is 72.0 cm³/mol. The van der Waals surface area contributed by atoms with Gasteiger partial charge in [0.25, 0.3) is 0 Å². The molecule has 0 N–H and O–H groups in total. The van der Waals surface area contributed by atoms with E-state index >= 15 is 0 Å². The predicted octanol–water partition coefficient (Wildman–Crippen LogP) is 2.35. The van der Waals surface area contributed by atoms with E-state index in [1.165, 1.54) is 0 Å². The minimum atomic E-state index is -0.619. The number of rotatable bonds is 1. The summed E-state index contributed by atoms with van der Waals surface area (Å²) in [5, 5.41) is 0. The summed E-state index contributed by atoms with van der Waals surface area (Å²) in [5.41, 5.74) is 0. The Bertz CT molecular complexity index is 414. The second-order valence-corrected chi connectivity index (χ2v) is 6.49. The molecule has 3 saturated heterocycles. The zero-order valence-corrected chi connectivity index (χ0v) is 12.8. The van der Waals surface area contributed by atoms with Crippen molar-refractivity contribution in [2.45, 2.75) is 77.0 Å². The van der Waals surface area contributed by atoms with Gasteiger partial charge in [0.15, 0.2) is 17.7 Å². The van der Waals surface area contributed by atoms with Crippen LogP contribution in [0.5, 0.6) is 0 Å². The highest BCUT2D eigenvalue weighted by Crippen LogP contribution is 2.43. The number of fused-ring (bicyclic) bond motifs is 3. The Labute approximate surface area is 120 Å². The molecule has 114 valence electrons. The molecular formula is C15H24O5. The lowest BCUT2D eigenvalue weighted by atomic mass is 9.96. The third-order valence-corrected chi connectivity index (χ3v) is 3.81. The van der Waals surface area contributed by atoms with Crippen molar-refractivity contribution in [3.63, 3.8) is 0 Å². The van der Waals surface area contributed by atoms with Crippen molar-refractivity contribution >= 4 is 0 Å². The van der Waals surface area contributed by atoms with E-state index in [0.29, 0.717) is 6.61 Å². The Morgan fingerprint density at radius 3 is 2.45 bits per heavy atom. The van der Waals surface area contributed by atoms with Crippen molar-refractivity contribution in [1.82, 2.24) is 0 Å². The lowest BCUT2D eigenvalue weighted by Crippen LogP contribution is -2.60. The highest BCUT2D eigenvalue weighted by atomic mass is 16.8. The Kier molecular flexibility index (Phi) is 3.36. The molecule has 0 unspecified atom stereocenters. The van der Waals surface area contributed by atoms with Crippen molar-refractivity contribution in [2.75, 3.05) is 6.61 Å². The van der Waals surface area contributed by atoms with Gasteiger partial charge in [-0.25, -0.2) is 0 Å². The second-order valence-electron chi connectivity index (χ2n) is 6.49. The Balaban J connectivity index is 1.89. The van der Waals surface area contributed by atoms with E-state index in [2.05, 4.69) is 13.0 Å². The topological polar surface area (TPSA) is 46.2 Å². The van der Waals surface area contributed by atoms with E-state index in [-0.39, 0.29) is 24.4 Å². The lowest BCUT2D eigenvalue weighted by Gasteiger charge is -2.46. The van der Waals surface area contributed by atoms with Crippen molar-refractivity contribution in [2.24, 2.45) is 0 Å². The summed E-state index contributed by atoms with van der Waals surface area (Å²) in [6.07, 6.45) is 2.30. The van der Waals surface area contributed by atoms with Gasteiger partial charge in [0.1, 0.15) is 24.1 Å². The molecule has 3 fully saturated rings. The van der Waals surface area contributed by atoms with Gasteiger partial charge in [-0.05, 0) is 40.2 Å². The van der Waals surface area contributed by atoms with Crippen LogP contribution in [-0.4, -0.2) is 42.6 Å². The molecule has 0 aromatic carbocycles. The third kappa shape index (κ3) is 2.48. The third-order valence-electron chi connectivity index (χ3n) is 3.81. The van der Waals surface area contributed by atoms with Crippen LogP contribution in [0.15, 0.2) is 11.8 Å². The number of allylic oxidation sites excluding steroid dienone is 1. The molecule has 3 aliphatic heterocycles. The van der Waals surface area contributed by atoms with Crippen LogP contribution >= 0.6 is 0 Å². The van der Waals surface area contributed by atoms with Crippen LogP contribution in [0.1, 0.15) is 41.0 Å². The van der Waals surface area contributed by atoms with Crippen LogP contribution in [0.25, 0.3) is 0 Å². The summed E-state index contributed by atoms with van der Waals surface area (Å²) in [4.78, 5) is 0. The molecule has 3 heterocycles. The van der Waals surface area contributed by atoms with Crippen molar-refractivity contribution in [3.8, 4) is 0 Å². The van der Waals surface area contributed by atoms with E-state index in [0.717, 1.165) is 12.2 Å². The maximum Gasteiger partial charge on any atom is 0.164 e. The first-order valence-electron chi connectivity index (χ1n) is 7.35. The van der Waals surface area contributed by atoms with Gasteiger partial charge in [-0.1, -0.05) is 6.92 Å². The fourth-order valence-electron chi connectivity index (χ4n) is 3.05. The molecule has 0 saturated carbocycles. The molecule has 0 bridgehead atoms. The van der Waals surface area contributed by atoms with Gasteiger partial charge in [0.05, 0.1) is 6.61 Å². The molecule has 4 atom stereocenters. The SMILES string of the molecule is CC/C=C1\O[C@@H]2COC(C)(C)O[C@H]2[C@@H]2OC(C)(C)O[C@H]12. The Morgan fingerprint density at radius 1 is 1.05 bits per heavy atom. The average Bonchev–Trinajstić information content (AvgIpc) is 2.66. The maximum absolute atomic E-state index is 6.07. The molecule has 5 nitrogen and oxygen atoms in total. The number of hydrogen-bond acceptors (Lipinski definition) is 5. The van der Waals surface area contributed by atoms with Crippen LogP contribution < -0.4 is 0 Å². The normalized spacial score (nSPS) is 43.8. The van der Waals surface area contributed by atoms with Gasteiger partial charge in [-0.2, -0.15) is 0 Å². The molecule has 3 rings (SSSR count). The van der Waals surface area contributed by atoms with Gasteiger partial charge in [0.2, 0.25) is 0 Å². The Hall–Kier alpha value is -0.620. The highest BCUT2D eigenvalue weighted by Gasteiger charge is 2.57. The quantitative estimate of drug-likeness (QED) is 0.739. The first-order chi connectivity index (χ1) is 9.31. The second kappa shape index (κ2) is 4.70. The Morgan fingerprint density at radius 2 is 1.75 bits per heavy atom. The average molecular weight is 284 g/mol. The smallest absolute Gasteiger partial charge is 0.164 e. The molecular weight excluding hydrogens is 260 g/mol. The summed E-state index contributed by atoms with van der Waals surface area (Å²) in [6.45, 7) is 10.3. The van der Waals surface area contributed by atoms with Crippen LogP contribution in [0.2, 0.25) is 0 Å². The van der Waals surface area contributed by atoms with Crippen molar-refractivity contribution < 1.29 is 23.7 Å². The van der Waals surface area contributed by atoms with Gasteiger partial charge < -0.3 is 23.7 Å². The molecule has 0 amide bonds. The molecule has 0 aromatic heterocycles. The van der Waals surface area contributed by atoms with Crippen LogP contribution in [0.3, 0.4) is 0 Å². The van der Waals surface area contributed by atoms with E-state index in [9.17, 15) is 0 Å². The molecule has 20 heavy (non-hydrogen) atoms. The zero-order chi connectivity index (χ0) is 14.5. The van der Waals surface area contributed by atoms with Crippen LogP contribution in [0.4, 0.5) is 0 Å². The molecule has 0 spiro atoms. The van der Waals surface area contributed by atoms with E-state index in [1.807, 2.05) is 27.7 Å². The van der Waals surface area contributed by atoms with Gasteiger partial charge in [0, 0.05) is 0 Å². The molecule has 0 aliphatic carbocycles. The van der Waals surface area contributed by atoms with Crippen molar-refractivity contribution in [3.05, 3.63) is 11.8 Å². The standard InChI is InChI=1S/C15H24O5/c1-6-7-9-11-13(20-15(4,5)19-11)12-10(17-9)8-16-14(2,3)18-12/h7,10-13H,6,8H2,1-5H3/b9-7-/t10-,11-,12-,13-/m1/s1. The first-order valence-corrected chi connectivity index (χ1v) is 7.35. The largest absolute Gasteiger partial charge is 0.487 e. The minimum absolute atomic E-state index is 0.139. The molecule has 3 aliphatic rings. The van der Waals surface area contributed by atoms with Crippen molar-refractivity contribution in [1.29, 1.82) is 0 Å². The van der Waals surface area contributed by atoms with Gasteiger partial charge >= 0.3 is 0 Å². The van der Waals surface area contributed by atoms with Gasteiger partial charge in [-0.3, -0.25) is 0 Å². The van der Waals surface area contributed by atoms with E-state index in [4.69, 9.17) is 23.7 Å². The van der Waals surface area contributed by atoms with E-state index < -0.39 is 11.6 Å². The zero-order valence-electron chi connectivity index (χ0n) is 12.8. The summed E-state index contributed by atoms with van der Waals surface area (Å²) in [6, 6.07) is 0. The molecule has 0 aromatic rings. The van der Waals surface area contributed by atoms with Crippen LogP contribution in [-0.2, 0) is 23.7 Å². The fourth-order valence-corrected chi connectivity index (χ4v) is 3.05. The summed E-state index contributed by atoms with van der Waals surface area (Å²) >= 11 is 0. The minimum Gasteiger partial charge on any atom is -0.487 e. The lowest BCUT2D eigenvalue weighted by molar-refractivity contribution is -0.332. The van der Waals surface area contributed by atoms with Gasteiger partial charge in [-0.15, -0.1) is 0 Å². The summed E-state index contributed by atoms with van der Waals surface area (Å²) in [5.74, 6) is -0.389.